The number of aromatic nitrogens is 3. The van der Waals surface area contributed by atoms with Gasteiger partial charge in [-0.25, -0.2) is 0 Å². The number of rotatable bonds is 18. The van der Waals surface area contributed by atoms with E-state index in [1.54, 1.807) is 47.7 Å². The molecular formula is C52H82Cl2N6O17. The summed E-state index contributed by atoms with van der Waals surface area (Å²) in [6.45, 7) is 16.4. The monoisotopic (exact) mass is 1130 g/mol. The normalized spacial score (nSPS) is 37.7. The lowest BCUT2D eigenvalue weighted by Crippen LogP contribution is -2.61. The number of alkyl halides is 2. The lowest BCUT2D eigenvalue weighted by molar-refractivity contribution is -0.384. The van der Waals surface area contributed by atoms with Crippen molar-refractivity contribution in [2.75, 3.05) is 20.7 Å². The van der Waals surface area contributed by atoms with Crippen LogP contribution in [0.2, 0.25) is 0 Å². The van der Waals surface area contributed by atoms with Crippen LogP contribution in [-0.2, 0) is 55.8 Å². The molecular weight excluding hydrogens is 1050 g/mol. The summed E-state index contributed by atoms with van der Waals surface area (Å²) in [5, 5.41) is 92.8. The van der Waals surface area contributed by atoms with Gasteiger partial charge in [-0.2, -0.15) is 0 Å². The molecule has 1 aromatic heterocycles. The number of aliphatic hydroxyl groups excluding tert-OH is 4. The molecule has 3 aliphatic rings. The molecule has 4 heterocycles. The van der Waals surface area contributed by atoms with Crippen LogP contribution in [0.5, 0.6) is 0 Å². The first-order chi connectivity index (χ1) is 35.9. The molecule has 3 fully saturated rings. The van der Waals surface area contributed by atoms with E-state index in [0.717, 1.165) is 0 Å². The number of ketones is 1. The Kier molecular flexibility index (Phi) is 22.4. The first-order valence-corrected chi connectivity index (χ1v) is 27.2. The number of nitro groups is 1. The van der Waals surface area contributed by atoms with Gasteiger partial charge in [0.05, 0.1) is 70.8 Å². The fraction of sp³-hybridized carbons (Fsp3) is 0.788. The Morgan fingerprint density at radius 2 is 1.65 bits per heavy atom. The second-order valence-corrected chi connectivity index (χ2v) is 23.3. The number of likely N-dealkylation sites (N-methyl/N-ethyl adjacent to an activating group) is 1. The number of aryl methyl sites for hydroxylation is 1. The Hall–Kier alpha value is -3.53. The Labute approximate surface area is 460 Å². The molecule has 1 aromatic carbocycles. The number of halogens is 2. The molecule has 436 valence electrons. The molecule has 77 heavy (non-hydrogen) atoms. The van der Waals surface area contributed by atoms with E-state index in [1.165, 1.54) is 56.8 Å². The van der Waals surface area contributed by atoms with Crippen molar-refractivity contribution in [2.45, 2.75) is 216 Å². The van der Waals surface area contributed by atoms with Crippen molar-refractivity contribution >= 4 is 46.5 Å². The Morgan fingerprint density at radius 1 is 1.00 bits per heavy atom. The highest BCUT2D eigenvalue weighted by atomic mass is 35.5. The van der Waals surface area contributed by atoms with E-state index in [9.17, 15) is 55.1 Å². The Balaban J connectivity index is 1.38. The number of amides is 1. The molecule has 1 amide bonds. The number of carbonyl (C=O) groups excluding carboxylic acids is 3. The van der Waals surface area contributed by atoms with Crippen LogP contribution in [0, 0.1) is 33.8 Å². The van der Waals surface area contributed by atoms with Crippen LogP contribution in [0.25, 0.3) is 0 Å². The SMILES string of the molecule is CC[C@H]1OC(=O)[C@H](C)[C@@H](O[C@H]2C[C@@](C)(OC)[C@@H](O)[C@H](C)O2)[C@H](C)[C@@H](O[C@@H]2O[C@H](C)C[C@H](N(C)CCCc3cn(C[C@H](NC(=O)C(Cl)Cl)[C@@H](O)c4ccc([N+](=O)[O-])cc4)nn3)[C@H]2O)[C@](C)(O)C[C@@H](C)C(=O)[C@H](C)[C@@H](O)[C@]1(C)O. The number of methoxy groups -OCH3 is 1. The first kappa shape index (κ1) is 64.3. The van der Waals surface area contributed by atoms with Crippen LogP contribution < -0.4 is 5.32 Å². The van der Waals surface area contributed by atoms with Crippen LogP contribution in [-0.4, -0.2) is 189 Å². The standard InChI is InChI=1S/C52H82Cl2N6O17/c1-13-37-52(10,69)43(64)28(4)39(61)26(2)22-50(8,68)45(29(5)42(30(6)48(67)75-37)76-38-23-51(9,72-12)44(65)31(7)74-38)77-49-41(63)36(21-27(3)73-49)58(11)20-14-15-33-24-59(57-56-33)25-35(55-47(66)46(53)54)40(62)32-16-18-34(19-17-32)60(70)71/h16-19,24,26-31,35-38,40-46,49,62-65,68-69H,13-15,20-23,25H2,1-12H3,(H,55,66)/t26-,27-,28+,29+,30-,31+,35+,36+,37-,38+,40+,41-,42+,43-,44+,45-,49+,50-,51-,52-/m1/s1. The highest BCUT2D eigenvalue weighted by Crippen LogP contribution is 2.41. The number of hydrogen-bond donors (Lipinski definition) is 7. The second-order valence-electron chi connectivity index (χ2n) is 22.2. The maximum atomic E-state index is 14.4. The fourth-order valence-corrected chi connectivity index (χ4v) is 11.4. The van der Waals surface area contributed by atoms with E-state index >= 15 is 0 Å². The largest absolute Gasteiger partial charge is 0.459 e. The number of cyclic esters (lactones) is 1. The minimum absolute atomic E-state index is 0.0268. The number of Topliss-reactive ketones (excluding diaryl/α,β-unsaturated/α-hetero) is 1. The average molecular weight is 1130 g/mol. The summed E-state index contributed by atoms with van der Waals surface area (Å²) < 4.78 is 39.2. The van der Waals surface area contributed by atoms with Crippen LogP contribution >= 0.6 is 23.2 Å². The van der Waals surface area contributed by atoms with Crippen molar-refractivity contribution < 1.29 is 78.4 Å². The van der Waals surface area contributed by atoms with E-state index in [0.29, 0.717) is 31.5 Å². The summed E-state index contributed by atoms with van der Waals surface area (Å²) in [7, 11) is 3.29. The molecule has 20 atom stereocenters. The van der Waals surface area contributed by atoms with Gasteiger partial charge in [-0.1, -0.05) is 56.1 Å². The number of ether oxygens (including phenoxy) is 6. The third-order valence-electron chi connectivity index (χ3n) is 16.0. The number of hydrogen-bond acceptors (Lipinski definition) is 20. The van der Waals surface area contributed by atoms with E-state index < -0.39 is 147 Å². The molecule has 0 spiro atoms. The van der Waals surface area contributed by atoms with Gasteiger partial charge < -0.3 is 69.3 Å². The zero-order valence-electron chi connectivity index (χ0n) is 46.1. The van der Waals surface area contributed by atoms with Crippen molar-refractivity contribution in [1.29, 1.82) is 0 Å². The molecule has 3 aliphatic heterocycles. The quantitative estimate of drug-likeness (QED) is 0.0487. The first-order valence-electron chi connectivity index (χ1n) is 26.4. The van der Waals surface area contributed by atoms with Gasteiger partial charge in [0.2, 0.25) is 0 Å². The molecule has 5 rings (SSSR count). The van der Waals surface area contributed by atoms with Crippen LogP contribution in [0.4, 0.5) is 5.69 Å². The summed E-state index contributed by atoms with van der Waals surface area (Å²) in [5.41, 5.74) is -4.43. The topological polar surface area (TPSA) is 317 Å². The number of esters is 1. The summed E-state index contributed by atoms with van der Waals surface area (Å²) in [5.74, 6) is -6.26. The molecule has 0 aliphatic carbocycles. The zero-order chi connectivity index (χ0) is 57.6. The number of nitro benzene ring substituents is 1. The van der Waals surface area contributed by atoms with Gasteiger partial charge in [0.1, 0.15) is 35.8 Å². The van der Waals surface area contributed by atoms with Crippen molar-refractivity contribution in [1.82, 2.24) is 25.2 Å². The Morgan fingerprint density at radius 3 is 2.25 bits per heavy atom. The van der Waals surface area contributed by atoms with Crippen LogP contribution in [0.1, 0.15) is 119 Å². The van der Waals surface area contributed by atoms with Gasteiger partial charge in [-0.15, -0.1) is 5.10 Å². The number of non-ortho nitro benzene ring substituents is 1. The molecule has 25 heteroatoms. The highest BCUT2D eigenvalue weighted by molar-refractivity contribution is 6.53. The van der Waals surface area contributed by atoms with Crippen molar-refractivity contribution in [3.05, 3.63) is 51.8 Å². The highest BCUT2D eigenvalue weighted by Gasteiger charge is 2.54. The fourth-order valence-electron chi connectivity index (χ4n) is 11.2. The second kappa shape index (κ2) is 26.8. The summed E-state index contributed by atoms with van der Waals surface area (Å²) >= 11 is 11.6. The molecule has 0 radical (unpaired) electrons. The molecule has 0 unspecified atom stereocenters. The van der Waals surface area contributed by atoms with Gasteiger partial charge in [-0.3, -0.25) is 29.2 Å². The van der Waals surface area contributed by atoms with Gasteiger partial charge in [0.25, 0.3) is 11.6 Å². The predicted molar refractivity (Wildman–Crippen MR) is 279 cm³/mol. The zero-order valence-corrected chi connectivity index (χ0v) is 47.6. The van der Waals surface area contributed by atoms with Crippen LogP contribution in [0.15, 0.2) is 30.5 Å². The van der Waals surface area contributed by atoms with Gasteiger partial charge in [0, 0.05) is 55.7 Å². The predicted octanol–water partition coefficient (Wildman–Crippen LogP) is 3.31. The van der Waals surface area contributed by atoms with Crippen LogP contribution in [0.3, 0.4) is 0 Å². The minimum atomic E-state index is -2.06. The number of benzene rings is 1. The summed E-state index contributed by atoms with van der Waals surface area (Å²) in [6.07, 6.45) is -9.97. The minimum Gasteiger partial charge on any atom is -0.459 e. The molecule has 0 saturated carbocycles. The lowest BCUT2D eigenvalue weighted by Gasteiger charge is -2.49. The third-order valence-corrected chi connectivity index (χ3v) is 16.4. The van der Waals surface area contributed by atoms with Crippen molar-refractivity contribution in [3.63, 3.8) is 0 Å². The van der Waals surface area contributed by atoms with Gasteiger partial charge >= 0.3 is 5.97 Å². The van der Waals surface area contributed by atoms with Gasteiger partial charge in [-0.05, 0) is 105 Å². The molecule has 0 bridgehead atoms. The lowest BCUT2D eigenvalue weighted by atomic mass is 9.74. The number of carbonyl (C=O) groups is 3. The van der Waals surface area contributed by atoms with Crippen molar-refractivity contribution in [3.8, 4) is 0 Å². The number of nitrogens with zero attached hydrogens (tertiary/aromatic N) is 5. The van der Waals surface area contributed by atoms with E-state index in [-0.39, 0.29) is 37.1 Å². The number of nitrogens with one attached hydrogen (secondary N) is 1. The summed E-state index contributed by atoms with van der Waals surface area (Å²) in [4.78, 5) is 52.2. The molecule has 3 saturated heterocycles. The smallest absolute Gasteiger partial charge is 0.311 e. The van der Waals surface area contributed by atoms with E-state index in [1.807, 2.05) is 18.9 Å². The van der Waals surface area contributed by atoms with E-state index in [4.69, 9.17) is 51.6 Å². The average Bonchev–Trinajstić information content (AvgIpc) is 3.83. The molecule has 23 nitrogen and oxygen atoms in total. The molecule has 7 N–H and O–H groups in total. The van der Waals surface area contributed by atoms with Crippen molar-refractivity contribution in [2.24, 2.45) is 23.7 Å². The Bertz CT molecular complexity index is 2280. The third kappa shape index (κ3) is 15.5. The maximum absolute atomic E-state index is 14.4. The van der Waals surface area contributed by atoms with Gasteiger partial charge in [0.15, 0.2) is 17.4 Å². The molecule has 2 aromatic rings. The maximum Gasteiger partial charge on any atom is 0.311 e. The summed E-state index contributed by atoms with van der Waals surface area (Å²) in [6, 6.07) is 3.65. The number of aliphatic hydroxyl groups is 6. The van der Waals surface area contributed by atoms with E-state index in [2.05, 4.69) is 15.6 Å².